The van der Waals surface area contributed by atoms with Gasteiger partial charge in [0.05, 0.1) is 12.6 Å². The highest BCUT2D eigenvalue weighted by Gasteiger charge is 2.09. The largest absolute Gasteiger partial charge is 0.460 e. The topological polar surface area (TPSA) is 57.4 Å². The van der Waals surface area contributed by atoms with Crippen LogP contribution in [-0.2, 0) is 6.54 Å². The van der Waals surface area contributed by atoms with Gasteiger partial charge >= 0.3 is 0 Å². The molecular formula is C17H23ClN2O2. The van der Waals surface area contributed by atoms with Crippen molar-refractivity contribution >= 4 is 11.6 Å². The maximum atomic E-state index is 9.13. The summed E-state index contributed by atoms with van der Waals surface area (Å²) in [6.07, 6.45) is -0.312. The minimum atomic E-state index is -0.312. The Morgan fingerprint density at radius 3 is 2.73 bits per heavy atom. The van der Waals surface area contributed by atoms with Gasteiger partial charge in [-0.15, -0.1) is 0 Å². The molecule has 0 amide bonds. The Morgan fingerprint density at radius 1 is 1.18 bits per heavy atom. The number of nitrogens with one attached hydrogen (secondary N) is 2. The predicted octanol–water partition coefficient (Wildman–Crippen LogP) is 2.97. The van der Waals surface area contributed by atoms with Gasteiger partial charge in [0.25, 0.3) is 0 Å². The van der Waals surface area contributed by atoms with Gasteiger partial charge in [-0.3, -0.25) is 0 Å². The number of aliphatic hydroxyl groups is 1. The van der Waals surface area contributed by atoms with E-state index in [9.17, 15) is 0 Å². The zero-order valence-electron chi connectivity index (χ0n) is 13.0. The van der Waals surface area contributed by atoms with Crippen LogP contribution in [0.4, 0.5) is 0 Å². The van der Waals surface area contributed by atoms with E-state index in [0.29, 0.717) is 13.1 Å². The van der Waals surface area contributed by atoms with E-state index in [1.165, 1.54) is 0 Å². The fraction of sp³-hybridized carbons (Fsp3) is 0.412. The van der Waals surface area contributed by atoms with Crippen LogP contribution in [-0.4, -0.2) is 30.8 Å². The zero-order valence-corrected chi connectivity index (χ0v) is 13.8. The van der Waals surface area contributed by atoms with Gasteiger partial charge in [0.1, 0.15) is 11.5 Å². The minimum absolute atomic E-state index is 0.312. The van der Waals surface area contributed by atoms with E-state index in [1.54, 1.807) is 6.92 Å². The third kappa shape index (κ3) is 4.85. The maximum absolute atomic E-state index is 9.13. The van der Waals surface area contributed by atoms with Crippen molar-refractivity contribution in [1.29, 1.82) is 0 Å². The number of halogens is 1. The molecule has 22 heavy (non-hydrogen) atoms. The first-order chi connectivity index (χ1) is 10.6. The minimum Gasteiger partial charge on any atom is -0.460 e. The van der Waals surface area contributed by atoms with Crippen molar-refractivity contribution in [2.24, 2.45) is 0 Å². The van der Waals surface area contributed by atoms with Crippen LogP contribution in [0.25, 0.3) is 11.3 Å². The smallest absolute Gasteiger partial charge is 0.134 e. The first-order valence-electron chi connectivity index (χ1n) is 7.51. The summed E-state index contributed by atoms with van der Waals surface area (Å²) in [5.74, 6) is 1.73. The first kappa shape index (κ1) is 17.0. The van der Waals surface area contributed by atoms with Crippen LogP contribution in [0.15, 0.2) is 34.7 Å². The maximum Gasteiger partial charge on any atom is 0.134 e. The molecule has 0 saturated heterocycles. The third-order valence-corrected chi connectivity index (χ3v) is 3.82. The summed E-state index contributed by atoms with van der Waals surface area (Å²) in [4.78, 5) is 0. The van der Waals surface area contributed by atoms with Crippen molar-refractivity contribution in [2.45, 2.75) is 26.5 Å². The van der Waals surface area contributed by atoms with E-state index < -0.39 is 0 Å². The Bertz CT molecular complexity index is 596. The number of benzene rings is 1. The average Bonchev–Trinajstić information content (AvgIpc) is 2.94. The fourth-order valence-electron chi connectivity index (χ4n) is 2.19. The van der Waals surface area contributed by atoms with Crippen molar-refractivity contribution in [3.63, 3.8) is 0 Å². The molecule has 2 rings (SSSR count). The van der Waals surface area contributed by atoms with Crippen molar-refractivity contribution in [2.75, 3.05) is 19.6 Å². The Kier molecular flexibility index (Phi) is 6.46. The van der Waals surface area contributed by atoms with Crippen LogP contribution in [0.1, 0.15) is 18.2 Å². The molecule has 1 aromatic heterocycles. The second kappa shape index (κ2) is 8.34. The molecule has 0 bridgehead atoms. The highest BCUT2D eigenvalue weighted by molar-refractivity contribution is 6.31. The lowest BCUT2D eigenvalue weighted by Gasteiger charge is -2.07. The van der Waals surface area contributed by atoms with E-state index in [1.807, 2.05) is 37.3 Å². The zero-order chi connectivity index (χ0) is 15.9. The Hall–Kier alpha value is -1.33. The van der Waals surface area contributed by atoms with Crippen LogP contribution in [0.2, 0.25) is 5.02 Å². The number of aliphatic hydroxyl groups excluding tert-OH is 1. The molecule has 0 aliphatic rings. The molecule has 4 nitrogen and oxygen atoms in total. The van der Waals surface area contributed by atoms with Gasteiger partial charge in [-0.1, -0.05) is 23.7 Å². The van der Waals surface area contributed by atoms with Crippen LogP contribution in [0.3, 0.4) is 0 Å². The van der Waals surface area contributed by atoms with Gasteiger partial charge in [0.2, 0.25) is 0 Å². The number of hydrogen-bond donors (Lipinski definition) is 3. The second-order valence-electron chi connectivity index (χ2n) is 5.41. The van der Waals surface area contributed by atoms with Gasteiger partial charge in [-0.2, -0.15) is 0 Å². The standard InChI is InChI=1S/C17H23ClN2O2/c1-12(21)10-19-8-9-20-11-14-6-7-17(22-14)15-4-3-5-16(18)13(15)2/h3-7,12,19-21H,8-11H2,1-2H3/t12-/m1/s1. The molecule has 0 spiro atoms. The Balaban J connectivity index is 1.83. The molecule has 0 radical (unpaired) electrons. The van der Waals surface area contributed by atoms with Gasteiger partial charge in [-0.05, 0) is 37.6 Å². The lowest BCUT2D eigenvalue weighted by Crippen LogP contribution is -2.31. The van der Waals surface area contributed by atoms with Crippen LogP contribution in [0.5, 0.6) is 0 Å². The molecule has 1 heterocycles. The lowest BCUT2D eigenvalue weighted by molar-refractivity contribution is 0.191. The highest BCUT2D eigenvalue weighted by Crippen LogP contribution is 2.29. The summed E-state index contributed by atoms with van der Waals surface area (Å²) in [6.45, 7) is 6.68. The van der Waals surface area contributed by atoms with Gasteiger partial charge < -0.3 is 20.2 Å². The number of hydrogen-bond acceptors (Lipinski definition) is 4. The SMILES string of the molecule is Cc1c(Cl)cccc1-c1ccc(CNCCNC[C@@H](C)O)o1. The molecule has 5 heteroatoms. The lowest BCUT2D eigenvalue weighted by atomic mass is 10.1. The molecule has 3 N–H and O–H groups in total. The monoisotopic (exact) mass is 322 g/mol. The van der Waals surface area contributed by atoms with Crippen LogP contribution < -0.4 is 10.6 Å². The fourth-order valence-corrected chi connectivity index (χ4v) is 2.37. The molecule has 1 aromatic carbocycles. The average molecular weight is 323 g/mol. The number of furan rings is 1. The summed E-state index contributed by atoms with van der Waals surface area (Å²) in [7, 11) is 0. The van der Waals surface area contributed by atoms with Gasteiger partial charge in [-0.25, -0.2) is 0 Å². The molecular weight excluding hydrogens is 300 g/mol. The van der Waals surface area contributed by atoms with Crippen molar-refractivity contribution in [3.05, 3.63) is 46.7 Å². The summed E-state index contributed by atoms with van der Waals surface area (Å²) in [5, 5.41) is 16.3. The van der Waals surface area contributed by atoms with Crippen molar-refractivity contribution in [1.82, 2.24) is 10.6 Å². The molecule has 0 fully saturated rings. The summed E-state index contributed by atoms with van der Waals surface area (Å²) in [5.41, 5.74) is 2.05. The van der Waals surface area contributed by atoms with E-state index in [0.717, 1.165) is 40.8 Å². The summed E-state index contributed by atoms with van der Waals surface area (Å²) in [6, 6.07) is 9.77. The predicted molar refractivity (Wildman–Crippen MR) is 90.1 cm³/mol. The van der Waals surface area contributed by atoms with E-state index in [4.69, 9.17) is 21.1 Å². The summed E-state index contributed by atoms with van der Waals surface area (Å²) < 4.78 is 5.87. The molecule has 2 aromatic rings. The van der Waals surface area contributed by atoms with Crippen LogP contribution in [0, 0.1) is 6.92 Å². The van der Waals surface area contributed by atoms with Gasteiger partial charge in [0, 0.05) is 30.2 Å². The second-order valence-corrected chi connectivity index (χ2v) is 5.82. The van der Waals surface area contributed by atoms with Crippen LogP contribution >= 0.6 is 11.6 Å². The van der Waals surface area contributed by atoms with E-state index in [2.05, 4.69) is 10.6 Å². The van der Waals surface area contributed by atoms with E-state index in [-0.39, 0.29) is 6.10 Å². The summed E-state index contributed by atoms with van der Waals surface area (Å²) >= 11 is 6.15. The third-order valence-electron chi connectivity index (χ3n) is 3.41. The van der Waals surface area contributed by atoms with Crippen molar-refractivity contribution in [3.8, 4) is 11.3 Å². The molecule has 0 aliphatic heterocycles. The first-order valence-corrected chi connectivity index (χ1v) is 7.89. The molecule has 0 saturated carbocycles. The normalized spacial score (nSPS) is 12.5. The Morgan fingerprint density at radius 2 is 1.95 bits per heavy atom. The molecule has 1 atom stereocenters. The highest BCUT2D eigenvalue weighted by atomic mass is 35.5. The quantitative estimate of drug-likeness (QED) is 0.654. The molecule has 0 aliphatic carbocycles. The van der Waals surface area contributed by atoms with Crippen molar-refractivity contribution < 1.29 is 9.52 Å². The Labute approximate surface area is 136 Å². The molecule has 0 unspecified atom stereocenters. The number of rotatable bonds is 8. The van der Waals surface area contributed by atoms with E-state index >= 15 is 0 Å². The van der Waals surface area contributed by atoms with Gasteiger partial charge in [0.15, 0.2) is 0 Å². The molecule has 120 valence electrons.